The molecule has 2 unspecified atom stereocenters. The summed E-state index contributed by atoms with van der Waals surface area (Å²) in [6, 6.07) is 8.22. The van der Waals surface area contributed by atoms with E-state index >= 15 is 0 Å². The van der Waals surface area contributed by atoms with Gasteiger partial charge in [0.15, 0.2) is 5.78 Å². The Hall–Kier alpha value is -1.58. The van der Waals surface area contributed by atoms with E-state index in [-0.39, 0.29) is 12.8 Å². The second-order valence-corrected chi connectivity index (χ2v) is 4.98. The quantitative estimate of drug-likeness (QED) is 0.573. The Labute approximate surface area is 110 Å². The summed E-state index contributed by atoms with van der Waals surface area (Å²) < 4.78 is 39.0. The molecule has 0 N–H and O–H groups in total. The third-order valence-electron chi connectivity index (χ3n) is 3.56. The SMILES string of the molecule is CC1=CCC(C(F)(F)F)C(C(=O)c2ccccc2)C1. The van der Waals surface area contributed by atoms with E-state index in [1.165, 1.54) is 0 Å². The van der Waals surface area contributed by atoms with Crippen LogP contribution in [0.25, 0.3) is 0 Å². The number of allylic oxidation sites excluding steroid dienone is 2. The number of hydrogen-bond donors (Lipinski definition) is 0. The first-order valence-electron chi connectivity index (χ1n) is 6.21. The van der Waals surface area contributed by atoms with Crippen molar-refractivity contribution in [2.45, 2.75) is 25.9 Å². The predicted molar refractivity (Wildman–Crippen MR) is 66.8 cm³/mol. The third kappa shape index (κ3) is 3.06. The molecule has 1 aromatic carbocycles. The number of alkyl halides is 3. The first-order valence-corrected chi connectivity index (χ1v) is 6.21. The van der Waals surface area contributed by atoms with Crippen molar-refractivity contribution in [3.63, 3.8) is 0 Å². The molecule has 0 fully saturated rings. The summed E-state index contributed by atoms with van der Waals surface area (Å²) in [5.41, 5.74) is 1.21. The highest BCUT2D eigenvalue weighted by Crippen LogP contribution is 2.42. The van der Waals surface area contributed by atoms with E-state index in [0.29, 0.717) is 5.56 Å². The van der Waals surface area contributed by atoms with E-state index in [1.54, 1.807) is 43.3 Å². The summed E-state index contributed by atoms with van der Waals surface area (Å²) in [6.45, 7) is 1.78. The number of ketones is 1. The van der Waals surface area contributed by atoms with Crippen LogP contribution in [0.5, 0.6) is 0 Å². The van der Waals surface area contributed by atoms with Gasteiger partial charge in [-0.05, 0) is 19.8 Å². The van der Waals surface area contributed by atoms with E-state index in [0.717, 1.165) is 5.57 Å². The van der Waals surface area contributed by atoms with Gasteiger partial charge in [-0.1, -0.05) is 42.0 Å². The summed E-state index contributed by atoms with van der Waals surface area (Å²) in [6.07, 6.45) is -2.64. The predicted octanol–water partition coefficient (Wildman–Crippen LogP) is 4.40. The smallest absolute Gasteiger partial charge is 0.294 e. The summed E-state index contributed by atoms with van der Waals surface area (Å²) >= 11 is 0. The van der Waals surface area contributed by atoms with Crippen LogP contribution in [0.15, 0.2) is 42.0 Å². The minimum absolute atomic E-state index is 0.0986. The van der Waals surface area contributed by atoms with Crippen LogP contribution in [0, 0.1) is 11.8 Å². The zero-order valence-corrected chi connectivity index (χ0v) is 10.6. The van der Waals surface area contributed by atoms with Crippen LogP contribution in [-0.4, -0.2) is 12.0 Å². The number of benzene rings is 1. The second kappa shape index (κ2) is 5.19. The first-order chi connectivity index (χ1) is 8.89. The molecule has 0 spiro atoms. The lowest BCUT2D eigenvalue weighted by Gasteiger charge is -2.31. The molecular weight excluding hydrogens is 253 g/mol. The number of Topliss-reactive ketones (excluding diaryl/α,β-unsaturated/α-hetero) is 1. The van der Waals surface area contributed by atoms with Gasteiger partial charge in [0.1, 0.15) is 0 Å². The molecule has 0 heterocycles. The lowest BCUT2D eigenvalue weighted by atomic mass is 9.75. The minimum atomic E-state index is -4.33. The molecule has 4 heteroatoms. The Balaban J connectivity index is 2.30. The third-order valence-corrected chi connectivity index (χ3v) is 3.56. The van der Waals surface area contributed by atoms with Crippen molar-refractivity contribution in [1.82, 2.24) is 0 Å². The average molecular weight is 268 g/mol. The van der Waals surface area contributed by atoms with Gasteiger partial charge >= 0.3 is 6.18 Å². The van der Waals surface area contributed by atoms with Crippen LogP contribution < -0.4 is 0 Å². The lowest BCUT2D eigenvalue weighted by molar-refractivity contribution is -0.184. The summed E-state index contributed by atoms with van der Waals surface area (Å²) in [5, 5.41) is 0. The van der Waals surface area contributed by atoms with E-state index in [9.17, 15) is 18.0 Å². The van der Waals surface area contributed by atoms with Crippen molar-refractivity contribution in [2.24, 2.45) is 11.8 Å². The molecule has 1 aliphatic rings. The van der Waals surface area contributed by atoms with Gasteiger partial charge < -0.3 is 0 Å². The maximum Gasteiger partial charge on any atom is 0.392 e. The second-order valence-electron chi connectivity index (χ2n) is 4.98. The number of carbonyl (C=O) groups excluding carboxylic acids is 1. The fraction of sp³-hybridized carbons (Fsp3) is 0.400. The molecule has 0 aromatic heterocycles. The average Bonchev–Trinajstić information content (AvgIpc) is 2.37. The largest absolute Gasteiger partial charge is 0.392 e. The fourth-order valence-electron chi connectivity index (χ4n) is 2.52. The summed E-state index contributed by atoms with van der Waals surface area (Å²) in [4.78, 5) is 12.3. The highest BCUT2D eigenvalue weighted by Gasteiger charge is 2.47. The molecule has 0 aliphatic heterocycles. The molecule has 2 rings (SSSR count). The van der Waals surface area contributed by atoms with Gasteiger partial charge in [0.25, 0.3) is 0 Å². The topological polar surface area (TPSA) is 17.1 Å². The van der Waals surface area contributed by atoms with Crippen molar-refractivity contribution in [1.29, 1.82) is 0 Å². The number of halogens is 3. The van der Waals surface area contributed by atoms with Crippen molar-refractivity contribution in [2.75, 3.05) is 0 Å². The van der Waals surface area contributed by atoms with Gasteiger partial charge in [0.05, 0.1) is 5.92 Å². The Morgan fingerprint density at radius 1 is 1.21 bits per heavy atom. The molecule has 1 aliphatic carbocycles. The maximum atomic E-state index is 13.0. The van der Waals surface area contributed by atoms with Crippen LogP contribution in [-0.2, 0) is 0 Å². The van der Waals surface area contributed by atoms with Crippen molar-refractivity contribution < 1.29 is 18.0 Å². The van der Waals surface area contributed by atoms with Crippen LogP contribution in [0.2, 0.25) is 0 Å². The molecule has 19 heavy (non-hydrogen) atoms. The number of rotatable bonds is 2. The van der Waals surface area contributed by atoms with E-state index in [4.69, 9.17) is 0 Å². The van der Waals surface area contributed by atoms with Crippen molar-refractivity contribution >= 4 is 5.78 Å². The Morgan fingerprint density at radius 2 is 1.84 bits per heavy atom. The maximum absolute atomic E-state index is 13.0. The molecule has 1 aromatic rings. The first kappa shape index (κ1) is 13.8. The molecule has 2 atom stereocenters. The van der Waals surface area contributed by atoms with E-state index in [1.807, 2.05) is 0 Å². The van der Waals surface area contributed by atoms with Crippen LogP contribution in [0.3, 0.4) is 0 Å². The molecule has 0 bridgehead atoms. The van der Waals surface area contributed by atoms with Gasteiger partial charge in [-0.25, -0.2) is 0 Å². The van der Waals surface area contributed by atoms with E-state index in [2.05, 4.69) is 0 Å². The standard InChI is InChI=1S/C15H15F3O/c1-10-7-8-13(15(16,17)18)12(9-10)14(19)11-5-3-2-4-6-11/h2-7,12-13H,8-9H2,1H3. The van der Waals surface area contributed by atoms with Crippen molar-refractivity contribution in [3.8, 4) is 0 Å². The van der Waals surface area contributed by atoms with Gasteiger partial charge in [-0.3, -0.25) is 4.79 Å². The molecule has 102 valence electrons. The van der Waals surface area contributed by atoms with Crippen LogP contribution >= 0.6 is 0 Å². The Morgan fingerprint density at radius 3 is 2.42 bits per heavy atom. The highest BCUT2D eigenvalue weighted by atomic mass is 19.4. The number of hydrogen-bond acceptors (Lipinski definition) is 1. The Kier molecular flexibility index (Phi) is 3.78. The highest BCUT2D eigenvalue weighted by molar-refractivity contribution is 5.98. The molecule has 1 nitrogen and oxygen atoms in total. The van der Waals surface area contributed by atoms with Crippen molar-refractivity contribution in [3.05, 3.63) is 47.5 Å². The van der Waals surface area contributed by atoms with Gasteiger partial charge in [-0.15, -0.1) is 0 Å². The monoisotopic (exact) mass is 268 g/mol. The van der Waals surface area contributed by atoms with Gasteiger partial charge in [0.2, 0.25) is 0 Å². The lowest BCUT2D eigenvalue weighted by Crippen LogP contribution is -2.36. The normalized spacial score (nSPS) is 23.9. The van der Waals surface area contributed by atoms with E-state index < -0.39 is 23.8 Å². The van der Waals surface area contributed by atoms with Gasteiger partial charge in [-0.2, -0.15) is 13.2 Å². The molecular formula is C15H15F3O. The number of carbonyl (C=O) groups is 1. The molecule has 0 radical (unpaired) electrons. The van der Waals surface area contributed by atoms with Crippen LogP contribution in [0.4, 0.5) is 13.2 Å². The van der Waals surface area contributed by atoms with Crippen LogP contribution in [0.1, 0.15) is 30.1 Å². The summed E-state index contributed by atoms with van der Waals surface area (Å²) in [5.74, 6) is -2.97. The Bertz CT molecular complexity index is 488. The zero-order valence-electron chi connectivity index (χ0n) is 10.6. The molecule has 0 amide bonds. The molecule has 0 saturated heterocycles. The zero-order chi connectivity index (χ0) is 14.0. The van der Waals surface area contributed by atoms with Gasteiger partial charge in [0, 0.05) is 11.5 Å². The fourth-order valence-corrected chi connectivity index (χ4v) is 2.52. The minimum Gasteiger partial charge on any atom is -0.294 e. The molecule has 0 saturated carbocycles. The summed E-state index contributed by atoms with van der Waals surface area (Å²) in [7, 11) is 0.